The molecule has 0 radical (unpaired) electrons. The van der Waals surface area contributed by atoms with E-state index in [1.54, 1.807) is 0 Å². The van der Waals surface area contributed by atoms with Crippen LogP contribution >= 0.6 is 0 Å². The number of fused-ring (bicyclic) bond motifs is 2. The van der Waals surface area contributed by atoms with Gasteiger partial charge in [0.1, 0.15) is 23.8 Å². The lowest BCUT2D eigenvalue weighted by molar-refractivity contribution is -0.251. The zero-order valence-corrected chi connectivity index (χ0v) is 25.6. The minimum absolute atomic E-state index is 0.00571. The maximum Gasteiger partial charge on any atom is 0.417 e. The Hall–Kier alpha value is -4.15. The quantitative estimate of drug-likeness (QED) is 0.295. The highest BCUT2D eigenvalue weighted by Gasteiger charge is 2.38. The van der Waals surface area contributed by atoms with Crippen molar-refractivity contribution >= 4 is 27.7 Å². The summed E-state index contributed by atoms with van der Waals surface area (Å²) >= 11 is 0. The lowest BCUT2D eigenvalue weighted by atomic mass is 9.87. The van der Waals surface area contributed by atoms with Gasteiger partial charge in [-0.25, -0.2) is 17.2 Å². The molecule has 2 aromatic carbocycles. The number of rotatable bonds is 9. The molecule has 0 aliphatic carbocycles. The van der Waals surface area contributed by atoms with Crippen LogP contribution < -0.4 is 21.1 Å². The van der Waals surface area contributed by atoms with Gasteiger partial charge in [0.15, 0.2) is 0 Å². The number of carbonyl (C=O) groups excluding carboxylic acids is 2. The van der Waals surface area contributed by atoms with E-state index in [1.165, 1.54) is 28.6 Å². The van der Waals surface area contributed by atoms with E-state index in [9.17, 15) is 40.7 Å². The van der Waals surface area contributed by atoms with Crippen LogP contribution in [0.1, 0.15) is 47.6 Å². The summed E-state index contributed by atoms with van der Waals surface area (Å²) in [6.45, 7) is 0.657. The van der Waals surface area contributed by atoms with Crippen LogP contribution in [0.15, 0.2) is 60.8 Å². The smallest absolute Gasteiger partial charge is 0.417 e. The summed E-state index contributed by atoms with van der Waals surface area (Å²) in [4.78, 5) is 29.4. The van der Waals surface area contributed by atoms with Gasteiger partial charge in [-0.1, -0.05) is 18.2 Å². The van der Waals surface area contributed by atoms with E-state index in [0.29, 0.717) is 38.2 Å². The van der Waals surface area contributed by atoms with Crippen LogP contribution in [-0.4, -0.2) is 66.7 Å². The highest BCUT2D eigenvalue weighted by Crippen LogP contribution is 2.33. The predicted octanol–water partition coefficient (Wildman–Crippen LogP) is 3.15. The zero-order chi connectivity index (χ0) is 33.9. The maximum absolute atomic E-state index is 15.2. The van der Waals surface area contributed by atoms with Gasteiger partial charge in [-0.3, -0.25) is 9.78 Å². The maximum atomic E-state index is 15.2. The van der Waals surface area contributed by atoms with Crippen molar-refractivity contribution < 1.29 is 45.1 Å². The summed E-state index contributed by atoms with van der Waals surface area (Å²) in [6, 6.07) is 7.81. The lowest BCUT2D eigenvalue weighted by Crippen LogP contribution is -2.57. The number of hydrogen-bond donors (Lipinski definition) is 3. The van der Waals surface area contributed by atoms with Crippen molar-refractivity contribution in [2.24, 2.45) is 0 Å². The van der Waals surface area contributed by atoms with Gasteiger partial charge in [0, 0.05) is 42.6 Å². The van der Waals surface area contributed by atoms with Gasteiger partial charge in [0.05, 0.1) is 22.9 Å². The molecule has 2 amide bonds. The van der Waals surface area contributed by atoms with Gasteiger partial charge in [0.2, 0.25) is 15.9 Å². The van der Waals surface area contributed by atoms with Gasteiger partial charge in [-0.05, 0) is 67.6 Å². The number of carboxylic acid groups (broad SMARTS) is 1. The van der Waals surface area contributed by atoms with E-state index >= 15 is 4.39 Å². The molecule has 1 aromatic heterocycles. The molecule has 2 aliphatic heterocycles. The fraction of sp³-hybridized carbons (Fsp3) is 0.387. The minimum Gasteiger partial charge on any atom is -0.530 e. The fourth-order valence-electron chi connectivity index (χ4n) is 6.08. The van der Waals surface area contributed by atoms with E-state index in [0.717, 1.165) is 24.3 Å². The van der Waals surface area contributed by atoms with Crippen LogP contribution in [-0.2, 0) is 27.4 Å². The summed E-state index contributed by atoms with van der Waals surface area (Å²) in [7, 11) is -3.52. The standard InChI is InChI=1S/C31H32F5N5O5S/c32-20-9-6-18(7-10-20)27(26-13-8-19(15-38-26)31(34,35)36)28(40-30(43)44)29(42)39-25-5-1-4-24(33)23(25)12-11-22-16-37-21-3-2-14-47(45,46)41(22)17-21/h1,4-10,13,15,21-22,27-28,37,40H,2-3,11-12,14,16-17H2,(H,39,42)(H,43,44)/p-1/t21-,22+,27?,28?/m1/s1. The molecular formula is C31H31F5N5O5S-. The number of sulfonamides is 1. The van der Waals surface area contributed by atoms with Crippen molar-refractivity contribution in [2.75, 3.05) is 24.2 Å². The summed E-state index contributed by atoms with van der Waals surface area (Å²) in [5, 5.41) is 19.6. The molecule has 2 fully saturated rings. The first-order valence-corrected chi connectivity index (χ1v) is 16.4. The first-order valence-electron chi connectivity index (χ1n) is 14.8. The number of nitrogens with one attached hydrogen (secondary N) is 3. The largest absolute Gasteiger partial charge is 0.530 e. The van der Waals surface area contributed by atoms with Gasteiger partial charge < -0.3 is 25.9 Å². The van der Waals surface area contributed by atoms with E-state index in [4.69, 9.17) is 0 Å². The third-order valence-corrected chi connectivity index (χ3v) is 10.4. The minimum atomic E-state index is -4.72. The SMILES string of the molecule is O=C([O-])NC(C(=O)Nc1cccc(F)c1CC[C@H]1CN[C@@H]2CCCS(=O)(=O)N1C2)C(c1ccc(F)cc1)c1ccc(C(F)(F)F)cn1. The van der Waals surface area contributed by atoms with Crippen LogP contribution in [0.4, 0.5) is 32.4 Å². The molecule has 47 heavy (non-hydrogen) atoms. The Morgan fingerprint density at radius 2 is 1.83 bits per heavy atom. The zero-order valence-electron chi connectivity index (χ0n) is 24.8. The number of alkyl halides is 3. The van der Waals surface area contributed by atoms with Crippen LogP contribution in [0, 0.1) is 11.6 Å². The predicted molar refractivity (Wildman–Crippen MR) is 158 cm³/mol. The molecule has 2 saturated heterocycles. The molecule has 5 rings (SSSR count). The molecule has 10 nitrogen and oxygen atoms in total. The van der Waals surface area contributed by atoms with Crippen molar-refractivity contribution in [2.45, 2.75) is 55.9 Å². The monoisotopic (exact) mass is 680 g/mol. The second-order valence-electron chi connectivity index (χ2n) is 11.5. The molecule has 3 aromatic rings. The van der Waals surface area contributed by atoms with Crippen molar-refractivity contribution in [3.8, 4) is 0 Å². The summed E-state index contributed by atoms with van der Waals surface area (Å²) < 4.78 is 96.0. The van der Waals surface area contributed by atoms with Crippen molar-refractivity contribution in [1.29, 1.82) is 0 Å². The third kappa shape index (κ3) is 8.05. The van der Waals surface area contributed by atoms with Crippen LogP contribution in [0.5, 0.6) is 0 Å². The molecule has 3 N–H and O–H groups in total. The molecule has 16 heteroatoms. The molecular weight excluding hydrogens is 649 g/mol. The summed E-state index contributed by atoms with van der Waals surface area (Å²) in [6.07, 6.45) is -4.65. The average molecular weight is 681 g/mol. The molecule has 2 bridgehead atoms. The molecule has 2 aliphatic rings. The van der Waals surface area contributed by atoms with E-state index in [2.05, 4.69) is 15.6 Å². The van der Waals surface area contributed by atoms with Gasteiger partial charge in [-0.2, -0.15) is 17.5 Å². The number of nitrogens with zero attached hydrogens (tertiary/aromatic N) is 2. The molecule has 3 heterocycles. The Labute approximate surface area is 267 Å². The number of benzene rings is 2. The number of aromatic nitrogens is 1. The number of pyridine rings is 1. The highest BCUT2D eigenvalue weighted by atomic mass is 32.2. The number of piperazine rings is 1. The Kier molecular flexibility index (Phi) is 10.1. The molecule has 0 saturated carbocycles. The van der Waals surface area contributed by atoms with Crippen LogP contribution in [0.2, 0.25) is 0 Å². The Balaban J connectivity index is 1.44. The van der Waals surface area contributed by atoms with Crippen LogP contribution in [0.3, 0.4) is 0 Å². The van der Waals surface area contributed by atoms with E-state index in [1.807, 2.05) is 5.32 Å². The van der Waals surface area contributed by atoms with Crippen molar-refractivity contribution in [1.82, 2.24) is 19.9 Å². The molecule has 5 atom stereocenters. The number of hydrogen-bond acceptors (Lipinski definition) is 7. The lowest BCUT2D eigenvalue weighted by Gasteiger charge is -2.37. The highest BCUT2D eigenvalue weighted by molar-refractivity contribution is 7.89. The van der Waals surface area contributed by atoms with E-state index < -0.39 is 63.4 Å². The molecule has 252 valence electrons. The number of halogens is 5. The summed E-state index contributed by atoms with van der Waals surface area (Å²) in [5.41, 5.74) is -1.10. The third-order valence-electron chi connectivity index (χ3n) is 8.42. The van der Waals surface area contributed by atoms with Crippen molar-refractivity contribution in [3.63, 3.8) is 0 Å². The first kappa shape index (κ1) is 34.2. The van der Waals surface area contributed by atoms with Crippen molar-refractivity contribution in [3.05, 3.63) is 94.8 Å². The molecule has 3 unspecified atom stereocenters. The summed E-state index contributed by atoms with van der Waals surface area (Å²) in [5.74, 6) is -3.76. The average Bonchev–Trinajstić information content (AvgIpc) is 3.12. The van der Waals surface area contributed by atoms with Crippen LogP contribution in [0.25, 0.3) is 0 Å². The van der Waals surface area contributed by atoms with Gasteiger partial charge >= 0.3 is 6.18 Å². The second kappa shape index (κ2) is 13.9. The number of amides is 2. The first-order chi connectivity index (χ1) is 22.2. The Morgan fingerprint density at radius 1 is 1.09 bits per heavy atom. The topological polar surface area (TPSA) is 144 Å². The number of anilines is 1. The fourth-order valence-corrected chi connectivity index (χ4v) is 7.89. The number of carbonyl (C=O) groups is 2. The normalized spacial score (nSPS) is 22.0. The Bertz CT molecular complexity index is 1710. The van der Waals surface area contributed by atoms with E-state index in [-0.39, 0.29) is 47.1 Å². The van der Waals surface area contributed by atoms with Gasteiger partial charge in [0.25, 0.3) is 0 Å². The molecule has 0 spiro atoms. The Morgan fingerprint density at radius 3 is 2.49 bits per heavy atom. The second-order valence-corrected chi connectivity index (χ2v) is 13.5. The van der Waals surface area contributed by atoms with Gasteiger partial charge in [-0.15, -0.1) is 0 Å².